The van der Waals surface area contributed by atoms with Gasteiger partial charge in [-0.25, -0.2) is 0 Å². The van der Waals surface area contributed by atoms with E-state index in [0.717, 1.165) is 77.3 Å². The molecule has 0 atom stereocenters. The van der Waals surface area contributed by atoms with Crippen molar-refractivity contribution in [2.75, 3.05) is 0 Å². The van der Waals surface area contributed by atoms with E-state index in [2.05, 4.69) is 118 Å². The Bertz CT molecular complexity index is 3030. The molecule has 0 amide bonds. The second-order valence-corrected chi connectivity index (χ2v) is 12.4. The van der Waals surface area contributed by atoms with Gasteiger partial charge in [0.1, 0.15) is 11.2 Å². The summed E-state index contributed by atoms with van der Waals surface area (Å²) in [7, 11) is 0. The molecule has 0 aliphatic rings. The van der Waals surface area contributed by atoms with E-state index in [9.17, 15) is 10.5 Å². The number of fused-ring (bicyclic) bond motifs is 10. The van der Waals surface area contributed by atoms with E-state index in [1.54, 1.807) is 0 Å². The monoisotopic (exact) mass is 624 g/mol. The summed E-state index contributed by atoms with van der Waals surface area (Å²) < 4.78 is 11.0. The third-order valence-electron chi connectivity index (χ3n) is 9.72. The summed E-state index contributed by atoms with van der Waals surface area (Å²) >= 11 is 0. The lowest BCUT2D eigenvalue weighted by Gasteiger charge is -2.13. The fourth-order valence-corrected chi connectivity index (χ4v) is 7.63. The molecule has 5 nitrogen and oxygen atoms in total. The highest BCUT2D eigenvalue weighted by molar-refractivity contribution is 6.24. The van der Waals surface area contributed by atoms with Crippen LogP contribution in [0.15, 0.2) is 150 Å². The summed E-state index contributed by atoms with van der Waals surface area (Å²) in [4.78, 5) is 0. The first kappa shape index (κ1) is 27.1. The Labute approximate surface area is 280 Å². The van der Waals surface area contributed by atoms with Gasteiger partial charge in [-0.05, 0) is 90.0 Å². The summed E-state index contributed by atoms with van der Waals surface area (Å²) in [6.45, 7) is 0. The van der Waals surface area contributed by atoms with Crippen LogP contribution in [-0.2, 0) is 0 Å². The Morgan fingerprint density at radius 3 is 1.86 bits per heavy atom. The van der Waals surface area contributed by atoms with Gasteiger partial charge in [0.15, 0.2) is 0 Å². The summed E-state index contributed by atoms with van der Waals surface area (Å²) in [5.41, 5.74) is 10.8. The van der Waals surface area contributed by atoms with E-state index in [4.69, 9.17) is 4.42 Å². The average Bonchev–Trinajstić information content (AvgIpc) is 3.82. The quantitative estimate of drug-likeness (QED) is 0.196. The van der Waals surface area contributed by atoms with Crippen LogP contribution in [0.3, 0.4) is 0 Å². The Kier molecular flexibility index (Phi) is 5.64. The van der Waals surface area contributed by atoms with Crippen molar-refractivity contribution in [2.45, 2.75) is 0 Å². The SMILES string of the molecule is N#Cc1cc(-c2cccc(-n3c4ccc(C#N)cc4c4c5oc6ccccc6c5ccc43)c2)cc(-n2c3ccccc3c3ccccc32)c1. The zero-order valence-corrected chi connectivity index (χ0v) is 26.1. The minimum absolute atomic E-state index is 0.591. The zero-order chi connectivity index (χ0) is 32.6. The maximum Gasteiger partial charge on any atom is 0.145 e. The molecule has 3 heterocycles. The molecule has 10 rings (SSSR count). The Hall–Kier alpha value is -7.08. The first-order valence-electron chi connectivity index (χ1n) is 16.1. The number of hydrogen-bond acceptors (Lipinski definition) is 3. The van der Waals surface area contributed by atoms with Crippen molar-refractivity contribution in [2.24, 2.45) is 0 Å². The van der Waals surface area contributed by atoms with Crippen LogP contribution >= 0.6 is 0 Å². The maximum atomic E-state index is 10.2. The van der Waals surface area contributed by atoms with Gasteiger partial charge in [-0.3, -0.25) is 0 Å². The molecule has 0 N–H and O–H groups in total. The molecule has 0 fully saturated rings. The molecule has 0 unspecified atom stereocenters. The largest absolute Gasteiger partial charge is 0.455 e. The maximum absolute atomic E-state index is 10.2. The zero-order valence-electron chi connectivity index (χ0n) is 26.1. The predicted molar refractivity (Wildman–Crippen MR) is 197 cm³/mol. The van der Waals surface area contributed by atoms with Gasteiger partial charge < -0.3 is 13.6 Å². The third kappa shape index (κ3) is 3.91. The standard InChI is InChI=1S/C44H24N4O/c45-25-27-16-18-40-37(22-27)43-41(19-17-36-35-12-3-6-15-42(35)49-44(36)43)47(40)31-9-7-8-29(23-31)30-20-28(26-46)21-32(24-30)48-38-13-4-1-10-33(38)34-11-2-5-14-39(34)48/h1-24H. The van der Waals surface area contributed by atoms with Crippen LogP contribution in [0.25, 0.3) is 88.1 Å². The Morgan fingerprint density at radius 1 is 0.429 bits per heavy atom. The van der Waals surface area contributed by atoms with Gasteiger partial charge in [0.25, 0.3) is 0 Å². The van der Waals surface area contributed by atoms with Crippen molar-refractivity contribution in [3.05, 3.63) is 157 Å². The number of furan rings is 1. The number of rotatable bonds is 3. The molecular weight excluding hydrogens is 601 g/mol. The minimum atomic E-state index is 0.591. The van der Waals surface area contributed by atoms with Crippen molar-refractivity contribution in [3.63, 3.8) is 0 Å². The van der Waals surface area contributed by atoms with Crippen LogP contribution in [0.4, 0.5) is 0 Å². The molecule has 3 aromatic heterocycles. The molecule has 0 aliphatic carbocycles. The summed E-state index contributed by atoms with van der Waals surface area (Å²) in [6, 6.07) is 54.3. The van der Waals surface area contributed by atoms with E-state index in [1.165, 1.54) is 10.8 Å². The van der Waals surface area contributed by atoms with E-state index in [-0.39, 0.29) is 0 Å². The van der Waals surface area contributed by atoms with Gasteiger partial charge >= 0.3 is 0 Å². The average molecular weight is 625 g/mol. The lowest BCUT2D eigenvalue weighted by molar-refractivity contribution is 0.673. The molecule has 226 valence electrons. The lowest BCUT2D eigenvalue weighted by Crippen LogP contribution is -1.97. The number of benzene rings is 7. The summed E-state index contributed by atoms with van der Waals surface area (Å²) in [6.07, 6.45) is 0. The molecular formula is C44H24N4O. The second-order valence-electron chi connectivity index (χ2n) is 12.4. The molecule has 5 heteroatoms. The van der Waals surface area contributed by atoms with Gasteiger partial charge in [0.2, 0.25) is 0 Å². The molecule has 0 saturated heterocycles. The van der Waals surface area contributed by atoms with E-state index < -0.39 is 0 Å². The molecule has 0 aliphatic heterocycles. The topological polar surface area (TPSA) is 70.6 Å². The van der Waals surface area contributed by atoms with Gasteiger partial charge in [-0.2, -0.15) is 10.5 Å². The molecule has 0 bridgehead atoms. The first-order chi connectivity index (χ1) is 24.2. The Balaban J connectivity index is 1.21. The molecule has 0 spiro atoms. The van der Waals surface area contributed by atoms with Crippen LogP contribution in [0.2, 0.25) is 0 Å². The van der Waals surface area contributed by atoms with Crippen molar-refractivity contribution in [1.29, 1.82) is 10.5 Å². The van der Waals surface area contributed by atoms with E-state index in [1.807, 2.05) is 48.5 Å². The highest BCUT2D eigenvalue weighted by Gasteiger charge is 2.20. The molecule has 0 radical (unpaired) electrons. The fraction of sp³-hybridized carbons (Fsp3) is 0. The van der Waals surface area contributed by atoms with Crippen molar-refractivity contribution < 1.29 is 4.42 Å². The summed E-state index contributed by atoms with van der Waals surface area (Å²) in [5, 5.41) is 26.4. The van der Waals surface area contributed by atoms with E-state index in [0.29, 0.717) is 11.1 Å². The first-order valence-corrected chi connectivity index (χ1v) is 16.1. The smallest absolute Gasteiger partial charge is 0.145 e. The van der Waals surface area contributed by atoms with Gasteiger partial charge in [0, 0.05) is 38.3 Å². The molecule has 49 heavy (non-hydrogen) atoms. The Morgan fingerprint density at radius 2 is 1.08 bits per heavy atom. The minimum Gasteiger partial charge on any atom is -0.455 e. The second kappa shape index (κ2) is 10.2. The van der Waals surface area contributed by atoms with Crippen molar-refractivity contribution >= 4 is 65.6 Å². The van der Waals surface area contributed by atoms with Crippen LogP contribution in [-0.4, -0.2) is 9.13 Å². The van der Waals surface area contributed by atoms with Crippen molar-refractivity contribution in [3.8, 4) is 34.6 Å². The summed E-state index contributed by atoms with van der Waals surface area (Å²) in [5.74, 6) is 0. The molecule has 10 aromatic rings. The lowest BCUT2D eigenvalue weighted by atomic mass is 10.0. The number of aromatic nitrogens is 2. The molecule has 0 saturated carbocycles. The number of nitrogens with zero attached hydrogens (tertiary/aromatic N) is 4. The normalized spacial score (nSPS) is 11.6. The number of nitriles is 2. The number of hydrogen-bond donors (Lipinski definition) is 0. The van der Waals surface area contributed by atoms with Crippen LogP contribution in [0.1, 0.15) is 11.1 Å². The fourth-order valence-electron chi connectivity index (χ4n) is 7.63. The van der Waals surface area contributed by atoms with Crippen LogP contribution in [0.5, 0.6) is 0 Å². The third-order valence-corrected chi connectivity index (χ3v) is 9.72. The van der Waals surface area contributed by atoms with Gasteiger partial charge in [-0.1, -0.05) is 66.7 Å². The van der Waals surface area contributed by atoms with Crippen molar-refractivity contribution in [1.82, 2.24) is 9.13 Å². The van der Waals surface area contributed by atoms with Gasteiger partial charge in [-0.15, -0.1) is 0 Å². The van der Waals surface area contributed by atoms with Crippen LogP contribution in [0, 0.1) is 22.7 Å². The highest BCUT2D eigenvalue weighted by Crippen LogP contribution is 2.41. The van der Waals surface area contributed by atoms with E-state index >= 15 is 0 Å². The number of para-hydroxylation sites is 3. The predicted octanol–water partition coefficient (Wildman–Crippen LogP) is 11.2. The van der Waals surface area contributed by atoms with Crippen LogP contribution < -0.4 is 0 Å². The van der Waals surface area contributed by atoms with Gasteiger partial charge in [0.05, 0.1) is 50.7 Å². The highest BCUT2D eigenvalue weighted by atomic mass is 16.3. The molecule has 7 aromatic carbocycles.